The van der Waals surface area contributed by atoms with Crippen LogP contribution < -0.4 is 9.80 Å². The van der Waals surface area contributed by atoms with Crippen LogP contribution in [0.2, 0.25) is 0 Å². The van der Waals surface area contributed by atoms with Crippen LogP contribution in [0.5, 0.6) is 0 Å². The van der Waals surface area contributed by atoms with E-state index in [4.69, 9.17) is 0 Å². The van der Waals surface area contributed by atoms with Crippen LogP contribution in [0.1, 0.15) is 5.56 Å². The number of hydrogen-bond acceptors (Lipinski definition) is 2. The number of rotatable bonds is 4. The second kappa shape index (κ2) is 11.6. The van der Waals surface area contributed by atoms with E-state index < -0.39 is 0 Å². The molecule has 10 rings (SSSR count). The lowest BCUT2D eigenvalue weighted by Crippen LogP contribution is -2.14. The number of fused-ring (bicyclic) bond motifs is 7. The van der Waals surface area contributed by atoms with Gasteiger partial charge >= 0.3 is 0 Å². The molecule has 0 N–H and O–H groups in total. The average Bonchev–Trinajstić information content (AvgIpc) is 3.48. The number of aromatic nitrogens is 1. The standard InChI is InChI=1S/C48H33N3/c1-33-40-19-10-11-21-43(40)50(46-23-13-12-22-45(46)49(33)37-15-4-2-5-16-37)39-28-24-34(25-29-39)36-27-30-44-42(32-36)48-41-20-9-8-14-35(41)26-31-47(48)51(44)38-17-6-3-7-18-38/h2-32H,1H2. The Hall–Kier alpha value is -6.84. The van der Waals surface area contributed by atoms with Crippen molar-refractivity contribution in [2.75, 3.05) is 9.80 Å². The summed E-state index contributed by atoms with van der Waals surface area (Å²) in [7, 11) is 0. The van der Waals surface area contributed by atoms with Crippen molar-refractivity contribution in [3.05, 3.63) is 200 Å². The minimum Gasteiger partial charge on any atom is -0.309 e. The molecular weight excluding hydrogens is 619 g/mol. The van der Waals surface area contributed by atoms with Crippen molar-refractivity contribution < 1.29 is 0 Å². The lowest BCUT2D eigenvalue weighted by molar-refractivity contribution is 1.18. The Morgan fingerprint density at radius 3 is 1.71 bits per heavy atom. The molecule has 1 aliphatic heterocycles. The number of benzene rings is 8. The molecule has 0 atom stereocenters. The molecular formula is C48H33N3. The fraction of sp³-hybridized carbons (Fsp3) is 0. The summed E-state index contributed by atoms with van der Waals surface area (Å²) in [6.07, 6.45) is 0. The minimum absolute atomic E-state index is 0.943. The Morgan fingerprint density at radius 1 is 0.373 bits per heavy atom. The van der Waals surface area contributed by atoms with Crippen molar-refractivity contribution in [3.8, 4) is 16.8 Å². The van der Waals surface area contributed by atoms with Crippen molar-refractivity contribution >= 4 is 66.7 Å². The molecule has 2 heterocycles. The van der Waals surface area contributed by atoms with Gasteiger partial charge in [0.05, 0.1) is 28.1 Å². The molecule has 0 fully saturated rings. The molecule has 8 aromatic carbocycles. The first-order chi connectivity index (χ1) is 25.2. The summed E-state index contributed by atoms with van der Waals surface area (Å²) in [6, 6.07) is 67.5. The zero-order chi connectivity index (χ0) is 33.9. The third-order valence-corrected chi connectivity index (χ3v) is 10.2. The van der Waals surface area contributed by atoms with Gasteiger partial charge in [0.2, 0.25) is 0 Å². The van der Waals surface area contributed by atoms with Gasteiger partial charge in [0, 0.05) is 39.1 Å². The molecule has 9 aromatic rings. The lowest BCUT2D eigenvalue weighted by Gasteiger charge is -2.28. The molecule has 0 amide bonds. The Kier molecular flexibility index (Phi) is 6.65. The predicted molar refractivity (Wildman–Crippen MR) is 216 cm³/mol. The van der Waals surface area contributed by atoms with Crippen molar-refractivity contribution in [1.29, 1.82) is 0 Å². The largest absolute Gasteiger partial charge is 0.309 e. The molecule has 0 saturated carbocycles. The normalized spacial score (nSPS) is 12.7. The van der Waals surface area contributed by atoms with E-state index in [2.05, 4.69) is 209 Å². The maximum Gasteiger partial charge on any atom is 0.0702 e. The van der Waals surface area contributed by atoms with Gasteiger partial charge < -0.3 is 14.4 Å². The first-order valence-electron chi connectivity index (χ1n) is 17.4. The maximum absolute atomic E-state index is 4.64. The number of hydrogen-bond donors (Lipinski definition) is 0. The smallest absolute Gasteiger partial charge is 0.0702 e. The van der Waals surface area contributed by atoms with Crippen molar-refractivity contribution in [2.45, 2.75) is 0 Å². The van der Waals surface area contributed by atoms with Gasteiger partial charge in [-0.15, -0.1) is 0 Å². The molecule has 0 unspecified atom stereocenters. The van der Waals surface area contributed by atoms with E-state index in [9.17, 15) is 0 Å². The third-order valence-electron chi connectivity index (χ3n) is 10.2. The van der Waals surface area contributed by atoms with E-state index >= 15 is 0 Å². The summed E-state index contributed by atoms with van der Waals surface area (Å²) in [5.74, 6) is 0. The van der Waals surface area contributed by atoms with Gasteiger partial charge in [0.25, 0.3) is 0 Å². The van der Waals surface area contributed by atoms with Gasteiger partial charge in [-0.3, -0.25) is 0 Å². The fourth-order valence-electron chi connectivity index (χ4n) is 7.93. The van der Waals surface area contributed by atoms with Crippen molar-refractivity contribution in [1.82, 2.24) is 4.57 Å². The van der Waals surface area contributed by atoms with E-state index in [-0.39, 0.29) is 0 Å². The third kappa shape index (κ3) is 4.59. The summed E-state index contributed by atoms with van der Waals surface area (Å²) in [6.45, 7) is 4.64. The molecule has 3 heteroatoms. The maximum atomic E-state index is 4.64. The zero-order valence-corrected chi connectivity index (χ0v) is 27.9. The summed E-state index contributed by atoms with van der Waals surface area (Å²) in [4.78, 5) is 4.64. The van der Waals surface area contributed by atoms with Crippen LogP contribution in [0.25, 0.3) is 55.1 Å². The highest BCUT2D eigenvalue weighted by molar-refractivity contribution is 6.22. The van der Waals surface area contributed by atoms with Gasteiger partial charge in [-0.2, -0.15) is 0 Å². The van der Waals surface area contributed by atoms with E-state index in [0.717, 1.165) is 45.4 Å². The Labute approximate surface area is 297 Å². The number of nitrogens with zero attached hydrogens (tertiary/aromatic N) is 3. The highest BCUT2D eigenvalue weighted by Crippen LogP contribution is 2.50. The quantitative estimate of drug-likeness (QED) is 0.188. The second-order valence-electron chi connectivity index (χ2n) is 13.1. The number of anilines is 5. The predicted octanol–water partition coefficient (Wildman–Crippen LogP) is 13.2. The Morgan fingerprint density at radius 2 is 0.941 bits per heavy atom. The van der Waals surface area contributed by atoms with Crippen LogP contribution in [-0.4, -0.2) is 4.57 Å². The van der Waals surface area contributed by atoms with Crippen molar-refractivity contribution in [3.63, 3.8) is 0 Å². The molecule has 0 radical (unpaired) electrons. The van der Waals surface area contributed by atoms with Crippen LogP contribution in [0.4, 0.5) is 28.4 Å². The molecule has 0 bridgehead atoms. The monoisotopic (exact) mass is 651 g/mol. The van der Waals surface area contributed by atoms with Gasteiger partial charge in [-0.05, 0) is 94.7 Å². The van der Waals surface area contributed by atoms with Crippen LogP contribution >= 0.6 is 0 Å². The first kappa shape index (κ1) is 29.1. The van der Waals surface area contributed by atoms with Crippen LogP contribution in [0, 0.1) is 0 Å². The van der Waals surface area contributed by atoms with E-state index in [1.54, 1.807) is 0 Å². The zero-order valence-electron chi connectivity index (χ0n) is 27.9. The first-order valence-corrected chi connectivity index (χ1v) is 17.4. The van der Waals surface area contributed by atoms with Crippen LogP contribution in [-0.2, 0) is 0 Å². The van der Waals surface area contributed by atoms with Crippen molar-refractivity contribution in [2.24, 2.45) is 0 Å². The summed E-state index contributed by atoms with van der Waals surface area (Å²) < 4.78 is 2.39. The van der Waals surface area contributed by atoms with Crippen LogP contribution in [0.15, 0.2) is 195 Å². The summed E-state index contributed by atoms with van der Waals surface area (Å²) in [5, 5.41) is 5.05. The number of para-hydroxylation sites is 5. The molecule has 51 heavy (non-hydrogen) atoms. The van der Waals surface area contributed by atoms with E-state index in [0.29, 0.717) is 0 Å². The second-order valence-corrected chi connectivity index (χ2v) is 13.1. The SMILES string of the molecule is C=C1c2ccccc2N(c2ccc(-c3ccc4c(c3)c3c5ccccc5ccc3n4-c3ccccc3)cc2)c2ccccc2N1c1ccccc1. The molecule has 1 aromatic heterocycles. The minimum atomic E-state index is 0.943. The fourth-order valence-corrected chi connectivity index (χ4v) is 7.93. The summed E-state index contributed by atoms with van der Waals surface area (Å²) >= 11 is 0. The highest BCUT2D eigenvalue weighted by Gasteiger charge is 2.29. The van der Waals surface area contributed by atoms with Crippen LogP contribution in [0.3, 0.4) is 0 Å². The molecule has 1 aliphatic rings. The Bertz CT molecular complexity index is 2760. The highest BCUT2D eigenvalue weighted by atomic mass is 15.2. The summed E-state index contributed by atoms with van der Waals surface area (Å²) in [5.41, 5.74) is 13.4. The molecule has 0 spiro atoms. The van der Waals surface area contributed by atoms with Gasteiger partial charge in [0.15, 0.2) is 0 Å². The molecule has 0 saturated heterocycles. The van der Waals surface area contributed by atoms with Gasteiger partial charge in [0.1, 0.15) is 0 Å². The lowest BCUT2D eigenvalue weighted by atomic mass is 9.99. The Balaban J connectivity index is 1.13. The molecule has 240 valence electrons. The van der Waals surface area contributed by atoms with E-state index in [1.165, 1.54) is 43.7 Å². The van der Waals surface area contributed by atoms with E-state index in [1.807, 2.05) is 0 Å². The molecule has 0 aliphatic carbocycles. The topological polar surface area (TPSA) is 11.4 Å². The average molecular weight is 652 g/mol. The molecule has 3 nitrogen and oxygen atoms in total. The van der Waals surface area contributed by atoms with Gasteiger partial charge in [-0.1, -0.05) is 122 Å². The van der Waals surface area contributed by atoms with Gasteiger partial charge in [-0.25, -0.2) is 0 Å².